The number of amides is 2. The molecule has 1 aliphatic rings. The average molecular weight is 349 g/mol. The molecule has 1 atom stereocenters. The third kappa shape index (κ3) is 3.05. The van der Waals surface area contributed by atoms with Gasteiger partial charge in [0, 0.05) is 28.2 Å². The maximum Gasteiger partial charge on any atom is 0.254 e. The highest BCUT2D eigenvalue weighted by Gasteiger charge is 2.37. The maximum absolute atomic E-state index is 12.7. The Hall–Kier alpha value is -2.04. The van der Waals surface area contributed by atoms with Crippen molar-refractivity contribution in [3.8, 4) is 0 Å². The van der Waals surface area contributed by atoms with Crippen LogP contribution in [0.15, 0.2) is 42.5 Å². The van der Waals surface area contributed by atoms with Gasteiger partial charge in [-0.2, -0.15) is 0 Å². The zero-order chi connectivity index (χ0) is 16.6. The minimum atomic E-state index is -0.658. The summed E-state index contributed by atoms with van der Waals surface area (Å²) >= 11 is 12.1. The first kappa shape index (κ1) is 15.8. The van der Waals surface area contributed by atoms with Crippen molar-refractivity contribution in [1.82, 2.24) is 5.32 Å². The molecule has 0 aliphatic carbocycles. The molecule has 4 nitrogen and oxygen atoms in total. The van der Waals surface area contributed by atoms with Crippen LogP contribution in [0.5, 0.6) is 0 Å². The van der Waals surface area contributed by atoms with Crippen LogP contribution < -0.4 is 10.2 Å². The van der Waals surface area contributed by atoms with Crippen molar-refractivity contribution in [2.24, 2.45) is 0 Å². The molecule has 2 aromatic carbocycles. The summed E-state index contributed by atoms with van der Waals surface area (Å²) in [6.45, 7) is 1.72. The van der Waals surface area contributed by atoms with Crippen molar-refractivity contribution in [1.29, 1.82) is 0 Å². The largest absolute Gasteiger partial charge is 0.341 e. The minimum Gasteiger partial charge on any atom is -0.341 e. The van der Waals surface area contributed by atoms with E-state index in [4.69, 9.17) is 23.2 Å². The van der Waals surface area contributed by atoms with E-state index in [0.717, 1.165) is 16.8 Å². The van der Waals surface area contributed by atoms with Crippen LogP contribution in [0, 0.1) is 0 Å². The molecule has 0 spiro atoms. The van der Waals surface area contributed by atoms with Gasteiger partial charge in [-0.15, -0.1) is 0 Å². The first-order valence-electron chi connectivity index (χ1n) is 7.08. The molecular weight excluding hydrogens is 335 g/mol. The van der Waals surface area contributed by atoms with Crippen LogP contribution in [0.1, 0.15) is 24.1 Å². The van der Waals surface area contributed by atoms with Gasteiger partial charge in [0.1, 0.15) is 6.04 Å². The smallest absolute Gasteiger partial charge is 0.254 e. The second-order valence-corrected chi connectivity index (χ2v) is 6.20. The molecule has 1 N–H and O–H groups in total. The lowest BCUT2D eigenvalue weighted by atomic mass is 10.1. The Kier molecular flexibility index (Phi) is 4.28. The number of nitrogens with one attached hydrogen (secondary N) is 1. The van der Waals surface area contributed by atoms with E-state index in [2.05, 4.69) is 5.32 Å². The molecule has 3 rings (SSSR count). The molecule has 2 amide bonds. The summed E-state index contributed by atoms with van der Waals surface area (Å²) in [5, 5.41) is 3.75. The van der Waals surface area contributed by atoms with Gasteiger partial charge in [0.2, 0.25) is 5.91 Å². The van der Waals surface area contributed by atoms with Gasteiger partial charge in [0.15, 0.2) is 0 Å². The van der Waals surface area contributed by atoms with Crippen molar-refractivity contribution in [2.75, 3.05) is 4.90 Å². The van der Waals surface area contributed by atoms with Crippen molar-refractivity contribution in [2.45, 2.75) is 19.5 Å². The van der Waals surface area contributed by atoms with Crippen LogP contribution in [0.4, 0.5) is 5.69 Å². The number of halogens is 2. The lowest BCUT2D eigenvalue weighted by molar-refractivity contribution is -0.126. The maximum atomic E-state index is 12.7. The summed E-state index contributed by atoms with van der Waals surface area (Å²) in [7, 11) is 0. The number of carbonyl (C=O) groups excluding carboxylic acids is 2. The summed E-state index contributed by atoms with van der Waals surface area (Å²) in [6.07, 6.45) is 0. The van der Waals surface area contributed by atoms with E-state index < -0.39 is 6.04 Å². The summed E-state index contributed by atoms with van der Waals surface area (Å²) in [5.74, 6) is -0.419. The molecule has 0 unspecified atom stereocenters. The topological polar surface area (TPSA) is 49.4 Å². The molecule has 0 fully saturated rings. The van der Waals surface area contributed by atoms with Crippen molar-refractivity contribution in [3.05, 3.63) is 63.6 Å². The van der Waals surface area contributed by atoms with E-state index in [-0.39, 0.29) is 11.8 Å². The molecule has 0 radical (unpaired) electrons. The first-order valence-corrected chi connectivity index (χ1v) is 7.84. The van der Waals surface area contributed by atoms with Gasteiger partial charge >= 0.3 is 0 Å². The normalized spacial score (nSPS) is 16.4. The third-order valence-corrected chi connectivity index (χ3v) is 4.33. The highest BCUT2D eigenvalue weighted by molar-refractivity contribution is 6.35. The number of nitrogens with zero attached hydrogens (tertiary/aromatic N) is 1. The molecule has 1 heterocycles. The number of anilines is 1. The molecular formula is C17H14Cl2N2O2. The number of fused-ring (bicyclic) bond motifs is 1. The Balaban J connectivity index is 1.96. The molecule has 1 aliphatic heterocycles. The molecule has 2 aromatic rings. The number of para-hydroxylation sites is 1. The molecule has 0 saturated carbocycles. The van der Waals surface area contributed by atoms with Crippen LogP contribution >= 0.6 is 23.2 Å². The monoisotopic (exact) mass is 348 g/mol. The van der Waals surface area contributed by atoms with Crippen molar-refractivity contribution < 1.29 is 9.59 Å². The van der Waals surface area contributed by atoms with Crippen LogP contribution in [0.2, 0.25) is 10.0 Å². The van der Waals surface area contributed by atoms with E-state index in [0.29, 0.717) is 16.6 Å². The summed E-state index contributed by atoms with van der Waals surface area (Å²) in [6, 6.07) is 11.9. The predicted molar refractivity (Wildman–Crippen MR) is 90.7 cm³/mol. The predicted octanol–water partition coefficient (Wildman–Crippen LogP) is 3.72. The molecule has 23 heavy (non-hydrogen) atoms. The Morgan fingerprint density at radius 2 is 1.96 bits per heavy atom. The van der Waals surface area contributed by atoms with Gasteiger partial charge in [0.25, 0.3) is 5.91 Å². The Labute approximate surface area is 144 Å². The quantitative estimate of drug-likeness (QED) is 0.918. The van der Waals surface area contributed by atoms with E-state index in [1.807, 2.05) is 24.3 Å². The van der Waals surface area contributed by atoms with E-state index in [1.165, 1.54) is 6.92 Å². The fourth-order valence-corrected chi connectivity index (χ4v) is 3.18. The Morgan fingerprint density at radius 3 is 2.65 bits per heavy atom. The highest BCUT2D eigenvalue weighted by Crippen LogP contribution is 2.37. The number of carbonyl (C=O) groups is 2. The van der Waals surface area contributed by atoms with Crippen LogP contribution in [-0.4, -0.2) is 11.8 Å². The van der Waals surface area contributed by atoms with Gasteiger partial charge in [-0.1, -0.05) is 47.5 Å². The van der Waals surface area contributed by atoms with E-state index >= 15 is 0 Å². The zero-order valence-corrected chi connectivity index (χ0v) is 13.9. The van der Waals surface area contributed by atoms with Gasteiger partial charge < -0.3 is 10.2 Å². The Bertz CT molecular complexity index is 792. The number of rotatable bonds is 3. The third-order valence-electron chi connectivity index (χ3n) is 3.74. The van der Waals surface area contributed by atoms with Crippen LogP contribution in [0.3, 0.4) is 0 Å². The molecule has 0 saturated heterocycles. The van der Waals surface area contributed by atoms with Gasteiger partial charge in [-0.3, -0.25) is 9.59 Å². The summed E-state index contributed by atoms with van der Waals surface area (Å²) in [5.41, 5.74) is 2.36. The molecule has 6 heteroatoms. The molecule has 118 valence electrons. The number of benzene rings is 2. The van der Waals surface area contributed by atoms with Gasteiger partial charge in [-0.25, -0.2) is 0 Å². The lowest BCUT2D eigenvalue weighted by Gasteiger charge is -2.19. The van der Waals surface area contributed by atoms with E-state index in [1.54, 1.807) is 23.1 Å². The number of hydrogen-bond donors (Lipinski definition) is 1. The van der Waals surface area contributed by atoms with Crippen LogP contribution in [0.25, 0.3) is 0 Å². The van der Waals surface area contributed by atoms with Gasteiger partial charge in [0.05, 0.1) is 6.54 Å². The SMILES string of the molecule is CC(=O)N[C@H]1C(=O)N(Cc2ccc(Cl)cc2Cl)c2ccccc21. The molecule has 0 aromatic heterocycles. The second-order valence-electron chi connectivity index (χ2n) is 5.35. The summed E-state index contributed by atoms with van der Waals surface area (Å²) < 4.78 is 0. The minimum absolute atomic E-state index is 0.174. The summed E-state index contributed by atoms with van der Waals surface area (Å²) in [4.78, 5) is 25.7. The molecule has 0 bridgehead atoms. The standard InChI is InChI=1S/C17H14Cl2N2O2/c1-10(22)20-16-13-4-2-3-5-15(13)21(17(16)23)9-11-6-7-12(18)8-14(11)19/h2-8,16H,9H2,1H3,(H,20,22)/t16-/m1/s1. The fraction of sp³-hybridized carbons (Fsp3) is 0.176. The van der Waals surface area contributed by atoms with Crippen molar-refractivity contribution in [3.63, 3.8) is 0 Å². The second kappa shape index (κ2) is 6.22. The Morgan fingerprint density at radius 1 is 1.22 bits per heavy atom. The first-order chi connectivity index (χ1) is 11.0. The zero-order valence-electron chi connectivity index (χ0n) is 12.3. The van der Waals surface area contributed by atoms with Crippen LogP contribution in [-0.2, 0) is 16.1 Å². The number of hydrogen-bond acceptors (Lipinski definition) is 2. The average Bonchev–Trinajstić information content (AvgIpc) is 2.75. The lowest BCUT2D eigenvalue weighted by Crippen LogP contribution is -2.36. The van der Waals surface area contributed by atoms with E-state index in [9.17, 15) is 9.59 Å². The van der Waals surface area contributed by atoms with Gasteiger partial charge in [-0.05, 0) is 23.8 Å². The fourth-order valence-electron chi connectivity index (χ4n) is 2.71. The highest BCUT2D eigenvalue weighted by atomic mass is 35.5. The van der Waals surface area contributed by atoms with Crippen molar-refractivity contribution >= 4 is 40.7 Å².